The highest BCUT2D eigenvalue weighted by atomic mass is 16.1. The van der Waals surface area contributed by atoms with E-state index in [2.05, 4.69) is 72.7 Å². The fourth-order valence-electron chi connectivity index (χ4n) is 3.33. The number of amides is 1. The van der Waals surface area contributed by atoms with Gasteiger partial charge < -0.3 is 10.2 Å². The number of rotatable bonds is 4. The normalized spacial score (nSPS) is 21.3. The largest absolute Gasteiger partial charge is 0.352 e. The van der Waals surface area contributed by atoms with Gasteiger partial charge in [0, 0.05) is 25.6 Å². The number of likely N-dealkylation sites (N-methyl/N-ethyl adjacent to an activating group) is 1. The number of carbonyl (C=O) groups is 1. The molecule has 0 radical (unpaired) electrons. The number of hydrogen-bond acceptors (Lipinski definition) is 2. The van der Waals surface area contributed by atoms with Crippen molar-refractivity contribution in [1.29, 1.82) is 0 Å². The first-order chi connectivity index (χ1) is 11.1. The summed E-state index contributed by atoms with van der Waals surface area (Å²) in [4.78, 5) is 14.9. The smallest absolute Gasteiger partial charge is 0.225 e. The van der Waals surface area contributed by atoms with Gasteiger partial charge in [0.05, 0.1) is 5.92 Å². The Hall–Kier alpha value is -2.13. The molecule has 120 valence electrons. The number of hydrogen-bond donors (Lipinski definition) is 1. The van der Waals surface area contributed by atoms with Crippen LogP contribution in [0, 0.1) is 12.8 Å². The topological polar surface area (TPSA) is 32.3 Å². The molecule has 1 fully saturated rings. The van der Waals surface area contributed by atoms with Crippen LogP contribution in [0.4, 0.5) is 0 Å². The molecule has 0 aromatic heterocycles. The zero-order valence-corrected chi connectivity index (χ0v) is 13.8. The van der Waals surface area contributed by atoms with Crippen LogP contribution in [0.3, 0.4) is 0 Å². The Bertz CT molecular complexity index is 651. The van der Waals surface area contributed by atoms with Gasteiger partial charge in [-0.2, -0.15) is 0 Å². The zero-order valence-electron chi connectivity index (χ0n) is 13.8. The maximum Gasteiger partial charge on any atom is 0.225 e. The molecule has 0 bridgehead atoms. The van der Waals surface area contributed by atoms with E-state index in [4.69, 9.17) is 0 Å². The van der Waals surface area contributed by atoms with Crippen molar-refractivity contribution in [2.75, 3.05) is 20.1 Å². The summed E-state index contributed by atoms with van der Waals surface area (Å²) in [6, 6.07) is 18.7. The quantitative estimate of drug-likeness (QED) is 0.942. The summed E-state index contributed by atoms with van der Waals surface area (Å²) in [5, 5.41) is 3.12. The van der Waals surface area contributed by atoms with E-state index in [-0.39, 0.29) is 17.7 Å². The third-order valence-corrected chi connectivity index (χ3v) is 4.65. The Kier molecular flexibility index (Phi) is 4.77. The molecular formula is C20H24N2O. The molecule has 0 aliphatic carbocycles. The maximum absolute atomic E-state index is 12.7. The Morgan fingerprint density at radius 1 is 1.09 bits per heavy atom. The van der Waals surface area contributed by atoms with Crippen molar-refractivity contribution in [2.24, 2.45) is 5.92 Å². The molecule has 2 aromatic carbocycles. The average Bonchev–Trinajstić information content (AvgIpc) is 2.97. The molecule has 3 heteroatoms. The van der Waals surface area contributed by atoms with Crippen LogP contribution in [0.1, 0.15) is 22.6 Å². The number of benzene rings is 2. The number of aryl methyl sites for hydroxylation is 1. The van der Waals surface area contributed by atoms with Crippen LogP contribution in [0.25, 0.3) is 0 Å². The molecule has 1 aliphatic rings. The van der Waals surface area contributed by atoms with Crippen LogP contribution in [0.15, 0.2) is 54.6 Å². The first-order valence-electron chi connectivity index (χ1n) is 8.20. The van der Waals surface area contributed by atoms with Crippen LogP contribution < -0.4 is 5.32 Å². The SMILES string of the molecule is Cc1ccc(CNC(=O)C2CN(C)CC2c2ccccc2)cc1. The predicted molar refractivity (Wildman–Crippen MR) is 93.2 cm³/mol. The third-order valence-electron chi connectivity index (χ3n) is 4.65. The fraction of sp³-hybridized carbons (Fsp3) is 0.350. The van der Waals surface area contributed by atoms with Crippen LogP contribution in [-0.4, -0.2) is 30.9 Å². The molecule has 0 saturated carbocycles. The molecule has 23 heavy (non-hydrogen) atoms. The molecular weight excluding hydrogens is 284 g/mol. The number of carbonyl (C=O) groups excluding carboxylic acids is 1. The van der Waals surface area contributed by atoms with Crippen molar-refractivity contribution in [2.45, 2.75) is 19.4 Å². The Morgan fingerprint density at radius 2 is 1.78 bits per heavy atom. The Morgan fingerprint density at radius 3 is 2.48 bits per heavy atom. The summed E-state index contributed by atoms with van der Waals surface area (Å²) >= 11 is 0. The van der Waals surface area contributed by atoms with Gasteiger partial charge in [-0.25, -0.2) is 0 Å². The van der Waals surface area contributed by atoms with E-state index < -0.39 is 0 Å². The molecule has 0 spiro atoms. The Labute approximate surface area is 138 Å². The second-order valence-corrected chi connectivity index (χ2v) is 6.55. The summed E-state index contributed by atoms with van der Waals surface area (Å²) in [6.07, 6.45) is 0. The zero-order chi connectivity index (χ0) is 16.2. The van der Waals surface area contributed by atoms with Crippen molar-refractivity contribution in [3.05, 3.63) is 71.3 Å². The highest BCUT2D eigenvalue weighted by Gasteiger charge is 2.36. The molecule has 3 nitrogen and oxygen atoms in total. The van der Waals surface area contributed by atoms with E-state index >= 15 is 0 Å². The third kappa shape index (κ3) is 3.80. The minimum absolute atomic E-state index is 0.0212. The molecule has 1 N–H and O–H groups in total. The second-order valence-electron chi connectivity index (χ2n) is 6.55. The molecule has 2 atom stereocenters. The highest BCUT2D eigenvalue weighted by molar-refractivity contribution is 5.80. The van der Waals surface area contributed by atoms with Crippen LogP contribution in [-0.2, 0) is 11.3 Å². The van der Waals surface area contributed by atoms with Crippen molar-refractivity contribution < 1.29 is 4.79 Å². The summed E-state index contributed by atoms with van der Waals surface area (Å²) in [7, 11) is 2.09. The lowest BCUT2D eigenvalue weighted by Gasteiger charge is -2.18. The maximum atomic E-state index is 12.7. The van der Waals surface area contributed by atoms with Crippen molar-refractivity contribution in [1.82, 2.24) is 10.2 Å². The minimum Gasteiger partial charge on any atom is -0.352 e. The van der Waals surface area contributed by atoms with E-state index in [1.807, 2.05) is 6.07 Å². The van der Waals surface area contributed by atoms with Gasteiger partial charge >= 0.3 is 0 Å². The first kappa shape index (κ1) is 15.8. The lowest BCUT2D eigenvalue weighted by molar-refractivity contribution is -0.125. The second kappa shape index (κ2) is 6.97. The fourth-order valence-corrected chi connectivity index (χ4v) is 3.33. The summed E-state index contributed by atoms with van der Waals surface area (Å²) in [5.41, 5.74) is 3.64. The van der Waals surface area contributed by atoms with Crippen LogP contribution in [0.2, 0.25) is 0 Å². The van der Waals surface area contributed by atoms with E-state index in [1.54, 1.807) is 0 Å². The molecule has 2 unspecified atom stereocenters. The van der Waals surface area contributed by atoms with Gasteiger partial charge in [0.15, 0.2) is 0 Å². The van der Waals surface area contributed by atoms with Gasteiger partial charge in [0.1, 0.15) is 0 Å². The highest BCUT2D eigenvalue weighted by Crippen LogP contribution is 2.32. The monoisotopic (exact) mass is 308 g/mol. The van der Waals surface area contributed by atoms with Gasteiger partial charge in [0.25, 0.3) is 0 Å². The molecule has 1 heterocycles. The Balaban J connectivity index is 1.66. The average molecular weight is 308 g/mol. The standard InChI is InChI=1S/C20H24N2O/c1-15-8-10-16(11-9-15)12-21-20(23)19-14-22(2)13-18(19)17-6-4-3-5-7-17/h3-11,18-19H,12-14H2,1-2H3,(H,21,23). The lowest BCUT2D eigenvalue weighted by atomic mass is 9.88. The van der Waals surface area contributed by atoms with Gasteiger partial charge in [-0.1, -0.05) is 60.2 Å². The number of nitrogens with one attached hydrogen (secondary N) is 1. The van der Waals surface area contributed by atoms with Crippen molar-refractivity contribution in [3.63, 3.8) is 0 Å². The molecule has 1 saturated heterocycles. The first-order valence-corrected chi connectivity index (χ1v) is 8.20. The van der Waals surface area contributed by atoms with Crippen molar-refractivity contribution in [3.8, 4) is 0 Å². The van der Waals surface area contributed by atoms with E-state index in [1.165, 1.54) is 11.1 Å². The molecule has 2 aromatic rings. The number of nitrogens with zero attached hydrogens (tertiary/aromatic N) is 1. The van der Waals surface area contributed by atoms with Gasteiger partial charge in [-0.15, -0.1) is 0 Å². The minimum atomic E-state index is 0.0212. The summed E-state index contributed by atoms with van der Waals surface area (Å²) < 4.78 is 0. The van der Waals surface area contributed by atoms with E-state index in [9.17, 15) is 4.79 Å². The van der Waals surface area contributed by atoms with Gasteiger partial charge in [-0.3, -0.25) is 4.79 Å². The molecule has 1 amide bonds. The number of likely N-dealkylation sites (tertiary alicyclic amines) is 1. The van der Waals surface area contributed by atoms with Crippen LogP contribution in [0.5, 0.6) is 0 Å². The van der Waals surface area contributed by atoms with Gasteiger partial charge in [0.2, 0.25) is 5.91 Å². The van der Waals surface area contributed by atoms with Crippen molar-refractivity contribution >= 4 is 5.91 Å². The summed E-state index contributed by atoms with van der Waals surface area (Å²) in [5.74, 6) is 0.454. The molecule has 3 rings (SSSR count). The van der Waals surface area contributed by atoms with E-state index in [0.29, 0.717) is 6.54 Å². The summed E-state index contributed by atoms with van der Waals surface area (Å²) in [6.45, 7) is 4.42. The lowest BCUT2D eigenvalue weighted by Crippen LogP contribution is -2.34. The molecule has 1 aliphatic heterocycles. The van der Waals surface area contributed by atoms with Crippen LogP contribution >= 0.6 is 0 Å². The predicted octanol–water partition coefficient (Wildman–Crippen LogP) is 2.96. The van der Waals surface area contributed by atoms with E-state index in [0.717, 1.165) is 18.7 Å². The van der Waals surface area contributed by atoms with Gasteiger partial charge in [-0.05, 0) is 25.1 Å².